The summed E-state index contributed by atoms with van der Waals surface area (Å²) < 4.78 is 10.4. The summed E-state index contributed by atoms with van der Waals surface area (Å²) in [6.07, 6.45) is 3.42. The smallest absolute Gasteiger partial charge is 0.305 e. The minimum atomic E-state index is -0.126. The molecule has 1 atom stereocenters. The molecule has 0 rings (SSSR count). The third-order valence-electron chi connectivity index (χ3n) is 2.85. The van der Waals surface area contributed by atoms with Crippen LogP contribution in [0.4, 0.5) is 0 Å². The molecule has 0 saturated heterocycles. The van der Waals surface area contributed by atoms with Gasteiger partial charge in [-0.2, -0.15) is 0 Å². The molecule has 0 saturated carbocycles. The molecule has 2 N–H and O–H groups in total. The highest BCUT2D eigenvalue weighted by molar-refractivity contribution is 5.69. The largest absolute Gasteiger partial charge is 0.463 e. The molecule has 0 aliphatic carbocycles. The van der Waals surface area contributed by atoms with Crippen LogP contribution < -0.4 is 5.73 Å². The van der Waals surface area contributed by atoms with Gasteiger partial charge in [0.15, 0.2) is 0 Å². The summed E-state index contributed by atoms with van der Waals surface area (Å²) in [5.74, 6) is 0.931. The summed E-state index contributed by atoms with van der Waals surface area (Å²) in [4.78, 5) is 11.5. The van der Waals surface area contributed by atoms with Gasteiger partial charge in [-0.3, -0.25) is 4.79 Å². The van der Waals surface area contributed by atoms with Crippen LogP contribution in [0.2, 0.25) is 0 Å². The molecular formula is C14H29NO3. The molecule has 18 heavy (non-hydrogen) atoms. The molecule has 0 aliphatic rings. The molecular weight excluding hydrogens is 230 g/mol. The SMILES string of the molecule is CCC(CCN)CCC(=O)OCCOCC(C)C. The van der Waals surface area contributed by atoms with Crippen LogP contribution in [0, 0.1) is 11.8 Å². The summed E-state index contributed by atoms with van der Waals surface area (Å²) in [5.41, 5.74) is 5.52. The first kappa shape index (κ1) is 17.4. The number of carbonyl (C=O) groups excluding carboxylic acids is 1. The Morgan fingerprint density at radius 3 is 2.50 bits per heavy atom. The van der Waals surface area contributed by atoms with Crippen molar-refractivity contribution >= 4 is 5.97 Å². The number of carbonyl (C=O) groups is 1. The van der Waals surface area contributed by atoms with E-state index < -0.39 is 0 Å². The number of hydrogen-bond acceptors (Lipinski definition) is 4. The predicted octanol–water partition coefficient (Wildman–Crippen LogP) is 2.36. The Kier molecular flexibility index (Phi) is 11.1. The second kappa shape index (κ2) is 11.5. The van der Waals surface area contributed by atoms with Gasteiger partial charge in [-0.05, 0) is 31.2 Å². The van der Waals surface area contributed by atoms with Crippen molar-refractivity contribution in [1.29, 1.82) is 0 Å². The maximum absolute atomic E-state index is 11.5. The van der Waals surface area contributed by atoms with Crippen LogP contribution in [0.1, 0.15) is 46.5 Å². The van der Waals surface area contributed by atoms with Crippen molar-refractivity contribution in [1.82, 2.24) is 0 Å². The van der Waals surface area contributed by atoms with E-state index in [1.54, 1.807) is 0 Å². The van der Waals surface area contributed by atoms with Crippen LogP contribution in [0.25, 0.3) is 0 Å². The van der Waals surface area contributed by atoms with Crippen LogP contribution in [-0.2, 0) is 14.3 Å². The normalized spacial score (nSPS) is 12.7. The molecule has 4 nitrogen and oxygen atoms in total. The number of ether oxygens (including phenoxy) is 2. The fourth-order valence-electron chi connectivity index (χ4n) is 1.72. The van der Waals surface area contributed by atoms with E-state index in [-0.39, 0.29) is 5.97 Å². The zero-order valence-electron chi connectivity index (χ0n) is 12.1. The Labute approximate surface area is 111 Å². The lowest BCUT2D eigenvalue weighted by Crippen LogP contribution is -2.14. The summed E-state index contributed by atoms with van der Waals surface area (Å²) in [7, 11) is 0. The van der Waals surface area contributed by atoms with Crippen LogP contribution >= 0.6 is 0 Å². The maximum atomic E-state index is 11.5. The first-order valence-electron chi connectivity index (χ1n) is 7.03. The van der Waals surface area contributed by atoms with Crippen LogP contribution in [0.15, 0.2) is 0 Å². The lowest BCUT2D eigenvalue weighted by atomic mass is 9.97. The third-order valence-corrected chi connectivity index (χ3v) is 2.85. The maximum Gasteiger partial charge on any atom is 0.305 e. The van der Waals surface area contributed by atoms with Crippen molar-refractivity contribution in [2.45, 2.75) is 46.5 Å². The fourth-order valence-corrected chi connectivity index (χ4v) is 1.72. The minimum absolute atomic E-state index is 0.126. The van der Waals surface area contributed by atoms with Crippen molar-refractivity contribution in [3.8, 4) is 0 Å². The average molecular weight is 259 g/mol. The lowest BCUT2D eigenvalue weighted by Gasteiger charge is -2.13. The molecule has 0 radical (unpaired) electrons. The van der Waals surface area contributed by atoms with Gasteiger partial charge in [0.2, 0.25) is 0 Å². The van der Waals surface area contributed by atoms with Crippen molar-refractivity contribution in [2.24, 2.45) is 17.6 Å². The number of rotatable bonds is 11. The second-order valence-corrected chi connectivity index (χ2v) is 5.08. The van der Waals surface area contributed by atoms with Gasteiger partial charge < -0.3 is 15.2 Å². The van der Waals surface area contributed by atoms with Gasteiger partial charge in [0.1, 0.15) is 6.61 Å². The molecule has 0 amide bonds. The topological polar surface area (TPSA) is 61.6 Å². The van der Waals surface area contributed by atoms with E-state index in [2.05, 4.69) is 20.8 Å². The summed E-state index contributed by atoms with van der Waals surface area (Å²) in [6, 6.07) is 0. The molecule has 0 aromatic carbocycles. The second-order valence-electron chi connectivity index (χ2n) is 5.08. The average Bonchev–Trinajstić information content (AvgIpc) is 2.33. The van der Waals surface area contributed by atoms with E-state index in [1.165, 1.54) is 0 Å². The number of nitrogens with two attached hydrogens (primary N) is 1. The Hall–Kier alpha value is -0.610. The molecule has 108 valence electrons. The van der Waals surface area contributed by atoms with Crippen molar-refractivity contribution in [3.05, 3.63) is 0 Å². The molecule has 0 aromatic rings. The first-order chi connectivity index (χ1) is 8.60. The summed E-state index contributed by atoms with van der Waals surface area (Å²) >= 11 is 0. The molecule has 0 spiro atoms. The molecule has 0 aromatic heterocycles. The highest BCUT2D eigenvalue weighted by Gasteiger charge is 2.09. The first-order valence-corrected chi connectivity index (χ1v) is 7.03. The van der Waals surface area contributed by atoms with E-state index in [9.17, 15) is 4.79 Å². The minimum Gasteiger partial charge on any atom is -0.463 e. The van der Waals surface area contributed by atoms with E-state index in [0.717, 1.165) is 19.3 Å². The molecule has 0 bridgehead atoms. The fraction of sp³-hybridized carbons (Fsp3) is 0.929. The number of hydrogen-bond donors (Lipinski definition) is 1. The third kappa shape index (κ3) is 10.5. The molecule has 4 heteroatoms. The quantitative estimate of drug-likeness (QED) is 0.457. The van der Waals surface area contributed by atoms with E-state index >= 15 is 0 Å². The van der Waals surface area contributed by atoms with Crippen LogP contribution in [-0.4, -0.2) is 32.3 Å². The van der Waals surface area contributed by atoms with Gasteiger partial charge in [-0.15, -0.1) is 0 Å². The van der Waals surface area contributed by atoms with Gasteiger partial charge in [-0.1, -0.05) is 27.2 Å². The lowest BCUT2D eigenvalue weighted by molar-refractivity contribution is -0.145. The van der Waals surface area contributed by atoms with E-state index in [4.69, 9.17) is 15.2 Å². The molecule has 0 aliphatic heterocycles. The Morgan fingerprint density at radius 2 is 1.94 bits per heavy atom. The van der Waals surface area contributed by atoms with Gasteiger partial charge in [-0.25, -0.2) is 0 Å². The van der Waals surface area contributed by atoms with E-state index in [0.29, 0.717) is 44.6 Å². The zero-order valence-corrected chi connectivity index (χ0v) is 12.1. The van der Waals surface area contributed by atoms with Gasteiger partial charge in [0.25, 0.3) is 0 Å². The van der Waals surface area contributed by atoms with E-state index in [1.807, 2.05) is 0 Å². The van der Waals surface area contributed by atoms with Crippen molar-refractivity contribution < 1.29 is 14.3 Å². The molecule has 1 unspecified atom stereocenters. The molecule has 0 heterocycles. The highest BCUT2D eigenvalue weighted by Crippen LogP contribution is 2.14. The Bertz CT molecular complexity index is 207. The predicted molar refractivity (Wildman–Crippen MR) is 73.3 cm³/mol. The standard InChI is InChI=1S/C14H29NO3/c1-4-13(7-8-15)5-6-14(16)18-10-9-17-11-12(2)3/h12-13H,4-11,15H2,1-3H3. The summed E-state index contributed by atoms with van der Waals surface area (Å²) in [6.45, 7) is 8.57. The van der Waals surface area contributed by atoms with Crippen LogP contribution in [0.3, 0.4) is 0 Å². The Morgan fingerprint density at radius 1 is 1.22 bits per heavy atom. The van der Waals surface area contributed by atoms with Crippen LogP contribution in [0.5, 0.6) is 0 Å². The molecule has 0 fully saturated rings. The highest BCUT2D eigenvalue weighted by atomic mass is 16.6. The van der Waals surface area contributed by atoms with Crippen molar-refractivity contribution in [2.75, 3.05) is 26.4 Å². The van der Waals surface area contributed by atoms with Gasteiger partial charge in [0.05, 0.1) is 6.61 Å². The number of esters is 1. The Balaban J connectivity index is 3.47. The monoisotopic (exact) mass is 259 g/mol. The summed E-state index contributed by atoms with van der Waals surface area (Å²) in [5, 5.41) is 0. The zero-order chi connectivity index (χ0) is 13.8. The van der Waals surface area contributed by atoms with Gasteiger partial charge >= 0.3 is 5.97 Å². The van der Waals surface area contributed by atoms with Crippen molar-refractivity contribution in [3.63, 3.8) is 0 Å². The van der Waals surface area contributed by atoms with Gasteiger partial charge in [0, 0.05) is 13.0 Å².